The van der Waals surface area contributed by atoms with Gasteiger partial charge in [-0.2, -0.15) is 0 Å². The molecule has 96 valence electrons. The van der Waals surface area contributed by atoms with E-state index in [0.29, 0.717) is 12.5 Å². The summed E-state index contributed by atoms with van der Waals surface area (Å²) in [6.45, 7) is 6.81. The summed E-state index contributed by atoms with van der Waals surface area (Å²) < 4.78 is 2.02. The molecule has 3 heteroatoms. The van der Waals surface area contributed by atoms with E-state index in [9.17, 15) is 5.11 Å². The van der Waals surface area contributed by atoms with E-state index in [4.69, 9.17) is 0 Å². The van der Waals surface area contributed by atoms with Crippen molar-refractivity contribution < 1.29 is 5.11 Å². The highest BCUT2D eigenvalue weighted by atomic mass is 16.3. The molecule has 3 nitrogen and oxygen atoms in total. The van der Waals surface area contributed by atoms with Crippen molar-refractivity contribution in [2.75, 3.05) is 0 Å². The largest absolute Gasteiger partial charge is 0.387 e. The molecule has 1 unspecified atom stereocenters. The first-order valence-electron chi connectivity index (χ1n) is 6.33. The molecule has 1 atom stereocenters. The van der Waals surface area contributed by atoms with Gasteiger partial charge in [0, 0.05) is 18.3 Å². The van der Waals surface area contributed by atoms with Crippen LogP contribution in [0, 0.1) is 6.92 Å². The van der Waals surface area contributed by atoms with Crippen LogP contribution >= 0.6 is 0 Å². The van der Waals surface area contributed by atoms with Crippen molar-refractivity contribution in [3.63, 3.8) is 0 Å². The molecule has 0 amide bonds. The second-order valence-electron chi connectivity index (χ2n) is 5.02. The quantitative estimate of drug-likeness (QED) is 0.897. The van der Waals surface area contributed by atoms with E-state index in [0.717, 1.165) is 11.4 Å². The molecule has 0 aliphatic heterocycles. The van der Waals surface area contributed by atoms with Gasteiger partial charge in [-0.15, -0.1) is 0 Å². The van der Waals surface area contributed by atoms with E-state index in [1.54, 1.807) is 6.20 Å². The van der Waals surface area contributed by atoms with E-state index in [2.05, 4.69) is 18.8 Å². The van der Waals surface area contributed by atoms with Crippen molar-refractivity contribution in [3.05, 3.63) is 53.6 Å². The summed E-state index contributed by atoms with van der Waals surface area (Å²) in [6, 6.07) is 8.00. The van der Waals surface area contributed by atoms with Crippen molar-refractivity contribution in [2.45, 2.75) is 39.3 Å². The average Bonchev–Trinajstić information content (AvgIpc) is 2.78. The molecule has 18 heavy (non-hydrogen) atoms. The van der Waals surface area contributed by atoms with E-state index in [1.807, 2.05) is 42.0 Å². The first-order valence-corrected chi connectivity index (χ1v) is 6.33. The number of aliphatic hydroxyl groups excluding tert-OH is 1. The molecule has 0 spiro atoms. The van der Waals surface area contributed by atoms with Crippen LogP contribution in [0.2, 0.25) is 0 Å². The highest BCUT2D eigenvalue weighted by Gasteiger charge is 2.12. The van der Waals surface area contributed by atoms with Crippen LogP contribution in [0.15, 0.2) is 36.7 Å². The Kier molecular flexibility index (Phi) is 3.82. The molecule has 0 bridgehead atoms. The molecule has 1 aromatic carbocycles. The maximum Gasteiger partial charge on any atom is 0.111 e. The van der Waals surface area contributed by atoms with Crippen molar-refractivity contribution in [1.82, 2.24) is 9.55 Å². The van der Waals surface area contributed by atoms with Gasteiger partial charge in [0.25, 0.3) is 0 Å². The smallest absolute Gasteiger partial charge is 0.111 e. The molecule has 2 aromatic rings. The van der Waals surface area contributed by atoms with Gasteiger partial charge in [0.2, 0.25) is 0 Å². The summed E-state index contributed by atoms with van der Waals surface area (Å²) in [4.78, 5) is 4.33. The van der Waals surface area contributed by atoms with E-state index >= 15 is 0 Å². The second kappa shape index (κ2) is 5.36. The second-order valence-corrected chi connectivity index (χ2v) is 5.02. The van der Waals surface area contributed by atoms with Crippen LogP contribution in [0.4, 0.5) is 0 Å². The molecule has 1 N–H and O–H groups in total. The zero-order valence-corrected chi connectivity index (χ0v) is 11.2. The van der Waals surface area contributed by atoms with Gasteiger partial charge in [-0.05, 0) is 12.5 Å². The number of aliphatic hydroxyl groups is 1. The van der Waals surface area contributed by atoms with Crippen molar-refractivity contribution >= 4 is 0 Å². The first-order chi connectivity index (χ1) is 8.58. The van der Waals surface area contributed by atoms with Crippen LogP contribution in [0.1, 0.15) is 42.8 Å². The number of benzene rings is 1. The van der Waals surface area contributed by atoms with Crippen LogP contribution in [0.25, 0.3) is 0 Å². The van der Waals surface area contributed by atoms with Crippen LogP contribution in [-0.2, 0) is 6.54 Å². The van der Waals surface area contributed by atoms with Crippen LogP contribution < -0.4 is 0 Å². The van der Waals surface area contributed by atoms with E-state index < -0.39 is 6.10 Å². The summed E-state index contributed by atoms with van der Waals surface area (Å²) in [6.07, 6.45) is 3.22. The molecule has 0 radical (unpaired) electrons. The number of hydrogen-bond acceptors (Lipinski definition) is 2. The molecule has 2 rings (SSSR count). The Morgan fingerprint density at radius 1 is 1.22 bits per heavy atom. The minimum Gasteiger partial charge on any atom is -0.387 e. The summed E-state index contributed by atoms with van der Waals surface area (Å²) in [7, 11) is 0. The summed E-state index contributed by atoms with van der Waals surface area (Å²) in [5.74, 6) is 1.38. The minimum atomic E-state index is -0.489. The Morgan fingerprint density at radius 2 is 1.89 bits per heavy atom. The summed E-state index contributed by atoms with van der Waals surface area (Å²) >= 11 is 0. The highest BCUT2D eigenvalue weighted by molar-refractivity contribution is 5.23. The van der Waals surface area contributed by atoms with Gasteiger partial charge in [0.05, 0.1) is 12.6 Å². The van der Waals surface area contributed by atoms with Gasteiger partial charge in [-0.1, -0.05) is 43.7 Å². The van der Waals surface area contributed by atoms with Gasteiger partial charge in [-0.25, -0.2) is 4.98 Å². The Morgan fingerprint density at radius 3 is 2.50 bits per heavy atom. The fourth-order valence-electron chi connectivity index (χ4n) is 2.06. The minimum absolute atomic E-state index is 0.366. The topological polar surface area (TPSA) is 38.0 Å². The number of rotatable bonds is 4. The fourth-order valence-corrected chi connectivity index (χ4v) is 2.06. The zero-order valence-electron chi connectivity index (χ0n) is 11.2. The monoisotopic (exact) mass is 244 g/mol. The normalized spacial score (nSPS) is 12.9. The lowest BCUT2D eigenvalue weighted by atomic mass is 10.1. The number of aryl methyl sites for hydroxylation is 1. The average molecular weight is 244 g/mol. The highest BCUT2D eigenvalue weighted by Crippen LogP contribution is 2.19. The standard InChI is InChI=1S/C15H20N2O/c1-11(2)15-16-8-9-17(15)10-14(18)13-6-4-12(3)5-7-13/h4-9,11,14,18H,10H2,1-3H3. The Hall–Kier alpha value is -1.61. The number of hydrogen-bond donors (Lipinski definition) is 1. The lowest BCUT2D eigenvalue weighted by molar-refractivity contribution is 0.155. The van der Waals surface area contributed by atoms with E-state index in [-0.39, 0.29) is 0 Å². The van der Waals surface area contributed by atoms with Crippen molar-refractivity contribution in [3.8, 4) is 0 Å². The van der Waals surface area contributed by atoms with Gasteiger partial charge in [0.1, 0.15) is 5.82 Å². The molecule has 0 saturated heterocycles. The zero-order chi connectivity index (χ0) is 13.1. The lowest BCUT2D eigenvalue weighted by Crippen LogP contribution is -2.11. The van der Waals surface area contributed by atoms with Gasteiger partial charge in [-0.3, -0.25) is 0 Å². The number of imidazole rings is 1. The maximum absolute atomic E-state index is 10.2. The summed E-state index contributed by atoms with van der Waals surface area (Å²) in [5, 5.41) is 10.2. The number of nitrogens with zero attached hydrogens (tertiary/aromatic N) is 2. The molecular weight excluding hydrogens is 224 g/mol. The fraction of sp³-hybridized carbons (Fsp3) is 0.400. The third-order valence-electron chi connectivity index (χ3n) is 3.10. The van der Waals surface area contributed by atoms with Crippen molar-refractivity contribution in [1.29, 1.82) is 0 Å². The third kappa shape index (κ3) is 2.79. The van der Waals surface area contributed by atoms with Gasteiger partial charge in [0.15, 0.2) is 0 Å². The van der Waals surface area contributed by atoms with E-state index in [1.165, 1.54) is 5.56 Å². The predicted octanol–water partition coefficient (Wildman–Crippen LogP) is 3.05. The lowest BCUT2D eigenvalue weighted by Gasteiger charge is -2.15. The first kappa shape index (κ1) is 12.8. The Bertz CT molecular complexity index is 499. The molecule has 0 aliphatic rings. The predicted molar refractivity (Wildman–Crippen MR) is 72.5 cm³/mol. The molecule has 0 saturated carbocycles. The SMILES string of the molecule is Cc1ccc(C(O)Cn2ccnc2C(C)C)cc1. The van der Waals surface area contributed by atoms with Crippen molar-refractivity contribution in [2.24, 2.45) is 0 Å². The van der Waals surface area contributed by atoms with Gasteiger partial charge < -0.3 is 9.67 Å². The summed E-state index contributed by atoms with van der Waals surface area (Å²) in [5.41, 5.74) is 2.15. The molecule has 0 aliphatic carbocycles. The molecular formula is C15H20N2O. The molecule has 0 fully saturated rings. The Labute approximate surface area is 108 Å². The van der Waals surface area contributed by atoms with Crippen LogP contribution in [0.5, 0.6) is 0 Å². The maximum atomic E-state index is 10.2. The molecule has 1 heterocycles. The van der Waals surface area contributed by atoms with Crippen LogP contribution in [-0.4, -0.2) is 14.7 Å². The Balaban J connectivity index is 2.13. The van der Waals surface area contributed by atoms with Crippen LogP contribution in [0.3, 0.4) is 0 Å². The number of aromatic nitrogens is 2. The third-order valence-corrected chi connectivity index (χ3v) is 3.10. The molecule has 1 aromatic heterocycles. The van der Waals surface area contributed by atoms with Gasteiger partial charge >= 0.3 is 0 Å².